The number of halogens is 1. The second-order valence-corrected chi connectivity index (χ2v) is 4.03. The van der Waals surface area contributed by atoms with Crippen LogP contribution in [0.2, 0.25) is 0 Å². The summed E-state index contributed by atoms with van der Waals surface area (Å²) in [6, 6.07) is 5.96. The molecular formula is C14H21FN2O2. The Balaban J connectivity index is 0.000000861. The average Bonchev–Trinajstić information content (AvgIpc) is 2.92. The number of carbonyl (C=O) groups excluding carboxylic acids is 1. The van der Waals surface area contributed by atoms with E-state index in [1.165, 1.54) is 12.1 Å². The van der Waals surface area contributed by atoms with Gasteiger partial charge in [0.05, 0.1) is 19.1 Å². The first kappa shape index (κ1) is 15.6. The zero-order valence-electron chi connectivity index (χ0n) is 11.6. The van der Waals surface area contributed by atoms with Crippen molar-refractivity contribution in [1.29, 1.82) is 0 Å². The summed E-state index contributed by atoms with van der Waals surface area (Å²) < 4.78 is 17.8. The lowest BCUT2D eigenvalue weighted by Crippen LogP contribution is -2.38. The zero-order valence-corrected chi connectivity index (χ0v) is 11.6. The van der Waals surface area contributed by atoms with Gasteiger partial charge < -0.3 is 4.74 Å². The zero-order chi connectivity index (χ0) is 14.3. The molecule has 1 atom stereocenters. The number of nitrogens with one attached hydrogen (secondary N) is 1. The molecule has 1 unspecified atom stereocenters. The highest BCUT2D eigenvalue weighted by atomic mass is 19.1. The Morgan fingerprint density at radius 3 is 2.58 bits per heavy atom. The average molecular weight is 268 g/mol. The third kappa shape index (κ3) is 4.61. The van der Waals surface area contributed by atoms with Crippen molar-refractivity contribution in [1.82, 2.24) is 10.4 Å². The smallest absolute Gasteiger partial charge is 0.241 e. The van der Waals surface area contributed by atoms with Crippen LogP contribution in [0, 0.1) is 5.82 Å². The SMILES string of the molecule is CC.COC1CNN(C(=O)Cc2ccc(F)cc2)C1. The summed E-state index contributed by atoms with van der Waals surface area (Å²) >= 11 is 0. The molecule has 1 fully saturated rings. The number of hydrogen-bond donors (Lipinski definition) is 1. The van der Waals surface area contributed by atoms with E-state index in [0.29, 0.717) is 13.1 Å². The third-order valence-electron chi connectivity index (χ3n) is 2.80. The lowest BCUT2D eigenvalue weighted by atomic mass is 10.1. The fourth-order valence-corrected chi connectivity index (χ4v) is 1.76. The van der Waals surface area contributed by atoms with Crippen LogP contribution >= 0.6 is 0 Å². The molecule has 1 saturated heterocycles. The van der Waals surface area contributed by atoms with Crippen LogP contribution in [-0.4, -0.2) is 37.2 Å². The number of carbonyl (C=O) groups is 1. The minimum absolute atomic E-state index is 0.0313. The van der Waals surface area contributed by atoms with Crippen LogP contribution in [0.1, 0.15) is 19.4 Å². The van der Waals surface area contributed by atoms with Crippen LogP contribution in [0.3, 0.4) is 0 Å². The molecule has 19 heavy (non-hydrogen) atoms. The van der Waals surface area contributed by atoms with Gasteiger partial charge in [-0.05, 0) is 17.7 Å². The topological polar surface area (TPSA) is 41.6 Å². The number of methoxy groups -OCH3 is 1. The minimum Gasteiger partial charge on any atom is -0.378 e. The van der Waals surface area contributed by atoms with Gasteiger partial charge in [0.25, 0.3) is 0 Å². The number of amides is 1. The maximum atomic E-state index is 12.7. The van der Waals surface area contributed by atoms with Gasteiger partial charge in [-0.1, -0.05) is 26.0 Å². The van der Waals surface area contributed by atoms with Gasteiger partial charge in [-0.2, -0.15) is 0 Å². The minimum atomic E-state index is -0.292. The van der Waals surface area contributed by atoms with E-state index in [1.54, 1.807) is 24.3 Å². The summed E-state index contributed by atoms with van der Waals surface area (Å²) in [5, 5.41) is 1.55. The second-order valence-electron chi connectivity index (χ2n) is 4.03. The van der Waals surface area contributed by atoms with Crippen LogP contribution in [-0.2, 0) is 16.0 Å². The Hall–Kier alpha value is -1.46. The monoisotopic (exact) mass is 268 g/mol. The number of ether oxygens (including phenoxy) is 1. The van der Waals surface area contributed by atoms with Gasteiger partial charge in [0.2, 0.25) is 5.91 Å². The molecule has 0 saturated carbocycles. The van der Waals surface area contributed by atoms with Crippen molar-refractivity contribution in [2.75, 3.05) is 20.2 Å². The summed E-state index contributed by atoms with van der Waals surface area (Å²) in [4.78, 5) is 11.9. The van der Waals surface area contributed by atoms with Gasteiger partial charge in [0, 0.05) is 13.7 Å². The van der Waals surface area contributed by atoms with Crippen molar-refractivity contribution in [3.05, 3.63) is 35.6 Å². The molecule has 106 valence electrons. The van der Waals surface area contributed by atoms with E-state index in [9.17, 15) is 9.18 Å². The Morgan fingerprint density at radius 1 is 1.42 bits per heavy atom. The van der Waals surface area contributed by atoms with Gasteiger partial charge in [-0.3, -0.25) is 9.80 Å². The molecule has 0 bridgehead atoms. The van der Waals surface area contributed by atoms with Gasteiger partial charge in [-0.25, -0.2) is 9.82 Å². The van der Waals surface area contributed by atoms with Gasteiger partial charge in [-0.15, -0.1) is 0 Å². The molecule has 0 spiro atoms. The summed E-state index contributed by atoms with van der Waals surface area (Å²) in [5.41, 5.74) is 3.78. The van der Waals surface area contributed by atoms with Crippen molar-refractivity contribution >= 4 is 5.91 Å². The summed E-state index contributed by atoms with van der Waals surface area (Å²) in [5.74, 6) is -0.323. The molecule has 0 radical (unpaired) electrons. The lowest BCUT2D eigenvalue weighted by Gasteiger charge is -2.15. The van der Waals surface area contributed by atoms with Crippen molar-refractivity contribution in [3.8, 4) is 0 Å². The fourth-order valence-electron chi connectivity index (χ4n) is 1.76. The Bertz CT molecular complexity index is 395. The molecule has 1 aromatic rings. The predicted octanol–water partition coefficient (Wildman–Crippen LogP) is 1.76. The first-order valence-corrected chi connectivity index (χ1v) is 6.50. The fraction of sp³-hybridized carbons (Fsp3) is 0.500. The highest BCUT2D eigenvalue weighted by molar-refractivity contribution is 5.78. The molecule has 5 heteroatoms. The molecule has 1 aliphatic rings. The van der Waals surface area contributed by atoms with E-state index in [4.69, 9.17) is 4.74 Å². The normalized spacial score (nSPS) is 17.9. The molecule has 1 N–H and O–H groups in total. The first-order valence-electron chi connectivity index (χ1n) is 6.50. The Kier molecular flexibility index (Phi) is 6.45. The van der Waals surface area contributed by atoms with Crippen LogP contribution in [0.5, 0.6) is 0 Å². The summed E-state index contributed by atoms with van der Waals surface area (Å²) in [7, 11) is 1.63. The van der Waals surface area contributed by atoms with Crippen LogP contribution in [0.4, 0.5) is 4.39 Å². The number of hydrazine groups is 1. The Labute approximate surface area is 113 Å². The highest BCUT2D eigenvalue weighted by Gasteiger charge is 2.25. The quantitative estimate of drug-likeness (QED) is 0.908. The van der Waals surface area contributed by atoms with Gasteiger partial charge in [0.15, 0.2) is 0 Å². The molecule has 2 rings (SSSR count). The van der Waals surface area contributed by atoms with Gasteiger partial charge in [0.1, 0.15) is 5.82 Å². The molecule has 1 heterocycles. The molecule has 1 aromatic carbocycles. The summed E-state index contributed by atoms with van der Waals surface area (Å²) in [6.45, 7) is 5.20. The van der Waals surface area contributed by atoms with E-state index in [0.717, 1.165) is 5.56 Å². The van der Waals surface area contributed by atoms with E-state index in [2.05, 4.69) is 5.43 Å². The molecule has 4 nitrogen and oxygen atoms in total. The van der Waals surface area contributed by atoms with E-state index in [-0.39, 0.29) is 24.2 Å². The van der Waals surface area contributed by atoms with E-state index >= 15 is 0 Å². The largest absolute Gasteiger partial charge is 0.378 e. The standard InChI is InChI=1S/C12H15FN2O2.C2H6/c1-17-11-7-14-15(8-11)12(16)6-9-2-4-10(13)5-3-9;1-2/h2-5,11,14H,6-8H2,1H3;1-2H3. The van der Waals surface area contributed by atoms with Gasteiger partial charge >= 0.3 is 0 Å². The van der Waals surface area contributed by atoms with Crippen LogP contribution < -0.4 is 5.43 Å². The molecular weight excluding hydrogens is 247 g/mol. The molecule has 1 amide bonds. The highest BCUT2D eigenvalue weighted by Crippen LogP contribution is 2.08. The number of benzene rings is 1. The first-order chi connectivity index (χ1) is 9.19. The van der Waals surface area contributed by atoms with Crippen LogP contribution in [0.25, 0.3) is 0 Å². The van der Waals surface area contributed by atoms with Crippen molar-refractivity contribution in [2.45, 2.75) is 26.4 Å². The number of rotatable bonds is 3. The Morgan fingerprint density at radius 2 is 2.05 bits per heavy atom. The number of nitrogens with zero attached hydrogens (tertiary/aromatic N) is 1. The van der Waals surface area contributed by atoms with Crippen molar-refractivity contribution in [2.24, 2.45) is 0 Å². The van der Waals surface area contributed by atoms with E-state index in [1.807, 2.05) is 13.8 Å². The maximum Gasteiger partial charge on any atom is 0.241 e. The predicted molar refractivity (Wildman–Crippen MR) is 72.0 cm³/mol. The molecule has 0 aliphatic carbocycles. The second kappa shape index (κ2) is 7.86. The third-order valence-corrected chi connectivity index (χ3v) is 2.80. The van der Waals surface area contributed by atoms with Crippen molar-refractivity contribution in [3.63, 3.8) is 0 Å². The molecule has 0 aromatic heterocycles. The summed E-state index contributed by atoms with van der Waals surface area (Å²) in [6.07, 6.45) is 0.316. The van der Waals surface area contributed by atoms with E-state index < -0.39 is 0 Å². The lowest BCUT2D eigenvalue weighted by molar-refractivity contribution is -0.132. The van der Waals surface area contributed by atoms with Crippen LogP contribution in [0.15, 0.2) is 24.3 Å². The maximum absolute atomic E-state index is 12.7. The number of hydrogen-bond acceptors (Lipinski definition) is 3. The van der Waals surface area contributed by atoms with Crippen molar-refractivity contribution < 1.29 is 13.9 Å². The molecule has 1 aliphatic heterocycles.